The maximum atomic E-state index is 12.1. The van der Waals surface area contributed by atoms with Gasteiger partial charge in [0.15, 0.2) is 0 Å². The second-order valence-corrected chi connectivity index (χ2v) is 6.05. The van der Waals surface area contributed by atoms with Gasteiger partial charge in [0, 0.05) is 30.9 Å². The van der Waals surface area contributed by atoms with Crippen molar-refractivity contribution in [2.24, 2.45) is 0 Å². The Balaban J connectivity index is 1.80. The Hall–Kier alpha value is -2.89. The average molecular weight is 340 g/mol. The molecule has 0 fully saturated rings. The molecule has 6 heteroatoms. The van der Waals surface area contributed by atoms with Crippen molar-refractivity contribution in [2.75, 3.05) is 11.9 Å². The van der Waals surface area contributed by atoms with E-state index in [9.17, 15) is 9.59 Å². The van der Waals surface area contributed by atoms with Crippen LogP contribution in [0, 0.1) is 0 Å². The Kier molecular flexibility index (Phi) is 6.51. The molecule has 0 unspecified atom stereocenters. The first-order valence-electron chi connectivity index (χ1n) is 8.31. The maximum Gasteiger partial charge on any atom is 0.247 e. The van der Waals surface area contributed by atoms with E-state index in [1.807, 2.05) is 23.0 Å². The summed E-state index contributed by atoms with van der Waals surface area (Å²) in [6.45, 7) is 8.10. The third-order valence-electron chi connectivity index (χ3n) is 3.64. The van der Waals surface area contributed by atoms with E-state index in [1.54, 1.807) is 18.2 Å². The number of nitrogens with zero attached hydrogens (tertiary/aromatic N) is 2. The van der Waals surface area contributed by atoms with Crippen LogP contribution in [0.5, 0.6) is 0 Å². The van der Waals surface area contributed by atoms with Crippen molar-refractivity contribution < 1.29 is 9.59 Å². The van der Waals surface area contributed by atoms with E-state index in [0.717, 1.165) is 11.3 Å². The van der Waals surface area contributed by atoms with Gasteiger partial charge in [-0.05, 0) is 43.7 Å². The lowest BCUT2D eigenvalue weighted by Gasteiger charge is -2.07. The molecule has 2 amide bonds. The van der Waals surface area contributed by atoms with Crippen molar-refractivity contribution in [1.29, 1.82) is 0 Å². The Morgan fingerprint density at radius 1 is 1.32 bits per heavy atom. The van der Waals surface area contributed by atoms with Crippen molar-refractivity contribution in [1.82, 2.24) is 15.1 Å². The van der Waals surface area contributed by atoms with Gasteiger partial charge < -0.3 is 10.6 Å². The highest BCUT2D eigenvalue weighted by Gasteiger charge is 2.06. The van der Waals surface area contributed by atoms with E-state index in [4.69, 9.17) is 0 Å². The number of hydrogen-bond donors (Lipinski definition) is 2. The second kappa shape index (κ2) is 8.82. The molecule has 0 spiro atoms. The molecule has 0 atom stereocenters. The summed E-state index contributed by atoms with van der Waals surface area (Å²) in [6, 6.07) is 9.52. The van der Waals surface area contributed by atoms with Crippen LogP contribution in [0.4, 0.5) is 5.69 Å². The van der Waals surface area contributed by atoms with Crippen LogP contribution in [-0.2, 0) is 22.4 Å². The van der Waals surface area contributed by atoms with E-state index in [0.29, 0.717) is 24.7 Å². The van der Waals surface area contributed by atoms with Gasteiger partial charge in [-0.3, -0.25) is 14.3 Å². The highest BCUT2D eigenvalue weighted by molar-refractivity contribution is 5.98. The first-order chi connectivity index (χ1) is 12.0. The van der Waals surface area contributed by atoms with Crippen LogP contribution in [0.1, 0.15) is 31.1 Å². The summed E-state index contributed by atoms with van der Waals surface area (Å²) in [4.78, 5) is 23.4. The standard InChI is InChI=1S/C19H24N4O2/c1-4-18(24)21-17-7-5-6-15(12-17)13-19(25)20-10-8-16-9-11-23(22-16)14(2)3/h4-7,9,11-12,14H,1,8,10,13H2,2-3H3,(H,20,25)(H,21,24). The van der Waals surface area contributed by atoms with Crippen molar-refractivity contribution >= 4 is 17.5 Å². The molecule has 25 heavy (non-hydrogen) atoms. The molecule has 1 aromatic heterocycles. The lowest BCUT2D eigenvalue weighted by atomic mass is 10.1. The summed E-state index contributed by atoms with van der Waals surface area (Å²) in [5, 5.41) is 10.0. The highest BCUT2D eigenvalue weighted by atomic mass is 16.2. The molecule has 1 heterocycles. The van der Waals surface area contributed by atoms with E-state index in [2.05, 4.69) is 36.2 Å². The number of rotatable bonds is 8. The Labute approximate surface area is 147 Å². The van der Waals surface area contributed by atoms with Gasteiger partial charge in [0.1, 0.15) is 0 Å². The molecule has 2 N–H and O–H groups in total. The molecular formula is C19H24N4O2. The van der Waals surface area contributed by atoms with E-state index in [-0.39, 0.29) is 18.2 Å². The molecule has 0 saturated heterocycles. The molecule has 132 valence electrons. The summed E-state index contributed by atoms with van der Waals surface area (Å²) in [6.07, 6.45) is 4.12. The van der Waals surface area contributed by atoms with Crippen LogP contribution in [0.15, 0.2) is 49.2 Å². The van der Waals surface area contributed by atoms with Gasteiger partial charge in [-0.25, -0.2) is 0 Å². The normalized spacial score (nSPS) is 10.5. The molecule has 1 aromatic carbocycles. The Morgan fingerprint density at radius 3 is 2.80 bits per heavy atom. The van der Waals surface area contributed by atoms with Gasteiger partial charge in [0.05, 0.1) is 12.1 Å². The molecular weight excluding hydrogens is 316 g/mol. The topological polar surface area (TPSA) is 76.0 Å². The van der Waals surface area contributed by atoms with Crippen LogP contribution >= 0.6 is 0 Å². The molecule has 0 aliphatic carbocycles. The van der Waals surface area contributed by atoms with Crippen LogP contribution in [0.25, 0.3) is 0 Å². The number of aromatic nitrogens is 2. The van der Waals surface area contributed by atoms with E-state index in [1.165, 1.54) is 6.08 Å². The molecule has 0 aliphatic heterocycles. The number of carbonyl (C=O) groups is 2. The molecule has 0 bridgehead atoms. The second-order valence-electron chi connectivity index (χ2n) is 6.05. The molecule has 2 rings (SSSR count). The number of nitrogens with one attached hydrogen (secondary N) is 2. The quantitative estimate of drug-likeness (QED) is 0.725. The number of benzene rings is 1. The molecule has 0 aliphatic rings. The number of hydrogen-bond acceptors (Lipinski definition) is 3. The van der Waals surface area contributed by atoms with Gasteiger partial charge in [0.25, 0.3) is 0 Å². The lowest BCUT2D eigenvalue weighted by molar-refractivity contribution is -0.120. The largest absolute Gasteiger partial charge is 0.355 e. The highest BCUT2D eigenvalue weighted by Crippen LogP contribution is 2.11. The summed E-state index contributed by atoms with van der Waals surface area (Å²) in [5.41, 5.74) is 2.45. The average Bonchev–Trinajstić information content (AvgIpc) is 3.04. The van der Waals surface area contributed by atoms with Crippen LogP contribution in [0.2, 0.25) is 0 Å². The minimum atomic E-state index is -0.276. The number of carbonyl (C=O) groups excluding carboxylic acids is 2. The first kappa shape index (κ1) is 18.4. The van der Waals surface area contributed by atoms with Crippen molar-refractivity contribution in [3.8, 4) is 0 Å². The minimum absolute atomic E-state index is 0.0597. The maximum absolute atomic E-state index is 12.1. The van der Waals surface area contributed by atoms with Crippen molar-refractivity contribution in [2.45, 2.75) is 32.7 Å². The van der Waals surface area contributed by atoms with Crippen molar-refractivity contribution in [3.05, 3.63) is 60.4 Å². The van der Waals surface area contributed by atoms with Crippen LogP contribution < -0.4 is 10.6 Å². The van der Waals surface area contributed by atoms with Crippen LogP contribution in [0.3, 0.4) is 0 Å². The minimum Gasteiger partial charge on any atom is -0.355 e. The predicted molar refractivity (Wildman–Crippen MR) is 98.3 cm³/mol. The SMILES string of the molecule is C=CC(=O)Nc1cccc(CC(=O)NCCc2ccn(C(C)C)n2)c1. The number of amides is 2. The van der Waals surface area contributed by atoms with E-state index < -0.39 is 0 Å². The summed E-state index contributed by atoms with van der Waals surface area (Å²) in [7, 11) is 0. The molecule has 0 radical (unpaired) electrons. The zero-order chi connectivity index (χ0) is 18.2. The third kappa shape index (κ3) is 5.91. The Bertz CT molecular complexity index is 749. The van der Waals surface area contributed by atoms with Gasteiger partial charge in [-0.15, -0.1) is 0 Å². The number of anilines is 1. The zero-order valence-electron chi connectivity index (χ0n) is 14.7. The van der Waals surface area contributed by atoms with Gasteiger partial charge in [0.2, 0.25) is 11.8 Å². The fraction of sp³-hybridized carbons (Fsp3) is 0.316. The molecule has 0 saturated carbocycles. The third-order valence-corrected chi connectivity index (χ3v) is 3.64. The Morgan fingerprint density at radius 2 is 2.12 bits per heavy atom. The fourth-order valence-corrected chi connectivity index (χ4v) is 2.33. The van der Waals surface area contributed by atoms with Gasteiger partial charge >= 0.3 is 0 Å². The monoisotopic (exact) mass is 340 g/mol. The van der Waals surface area contributed by atoms with Gasteiger partial charge in [-0.1, -0.05) is 18.7 Å². The summed E-state index contributed by atoms with van der Waals surface area (Å²) >= 11 is 0. The predicted octanol–water partition coefficient (Wildman–Crippen LogP) is 2.49. The summed E-state index contributed by atoms with van der Waals surface area (Å²) in [5.74, 6) is -0.335. The first-order valence-corrected chi connectivity index (χ1v) is 8.31. The zero-order valence-corrected chi connectivity index (χ0v) is 14.7. The smallest absolute Gasteiger partial charge is 0.247 e. The lowest BCUT2D eigenvalue weighted by Crippen LogP contribution is -2.27. The molecule has 2 aromatic rings. The van der Waals surface area contributed by atoms with Crippen molar-refractivity contribution in [3.63, 3.8) is 0 Å². The molecule has 6 nitrogen and oxygen atoms in total. The van der Waals surface area contributed by atoms with Crippen LogP contribution in [-0.4, -0.2) is 28.1 Å². The summed E-state index contributed by atoms with van der Waals surface area (Å²) < 4.78 is 1.90. The fourth-order valence-electron chi connectivity index (χ4n) is 2.33. The van der Waals surface area contributed by atoms with E-state index >= 15 is 0 Å². The van der Waals surface area contributed by atoms with Gasteiger partial charge in [-0.2, -0.15) is 5.10 Å².